The number of alkyl halides is 3. The Morgan fingerprint density at radius 3 is 2.54 bits per heavy atom. The number of nitrogens with zero attached hydrogens (tertiary/aromatic N) is 1. The number of urea groups is 1. The van der Waals surface area contributed by atoms with E-state index < -0.39 is 17.8 Å². The van der Waals surface area contributed by atoms with E-state index in [1.165, 1.54) is 12.1 Å². The Morgan fingerprint density at radius 2 is 1.83 bits per heavy atom. The molecule has 35 heavy (non-hydrogen) atoms. The summed E-state index contributed by atoms with van der Waals surface area (Å²) < 4.78 is 46.8. The number of hydrogen-bond donors (Lipinski definition) is 3. The maximum atomic E-state index is 13.5. The summed E-state index contributed by atoms with van der Waals surface area (Å²) in [7, 11) is 3.87. The molecule has 0 bridgehead atoms. The molecule has 2 aromatic rings. The highest BCUT2D eigenvalue weighted by Gasteiger charge is 2.43. The van der Waals surface area contributed by atoms with E-state index in [0.717, 1.165) is 31.0 Å². The van der Waals surface area contributed by atoms with Crippen molar-refractivity contribution in [2.75, 3.05) is 39.0 Å². The summed E-state index contributed by atoms with van der Waals surface area (Å²) >= 11 is 0. The first kappa shape index (κ1) is 25.3. The van der Waals surface area contributed by atoms with Crippen LogP contribution in [0.2, 0.25) is 0 Å². The van der Waals surface area contributed by atoms with E-state index in [4.69, 9.17) is 4.74 Å². The maximum absolute atomic E-state index is 13.5. The van der Waals surface area contributed by atoms with E-state index >= 15 is 0 Å². The lowest BCUT2D eigenvalue weighted by Gasteiger charge is -2.46. The van der Waals surface area contributed by atoms with Crippen LogP contribution >= 0.6 is 0 Å². The fourth-order valence-corrected chi connectivity index (χ4v) is 4.94. The van der Waals surface area contributed by atoms with Gasteiger partial charge in [-0.15, -0.1) is 0 Å². The number of hydrogen-bond acceptors (Lipinski definition) is 4. The topological polar surface area (TPSA) is 65.6 Å². The van der Waals surface area contributed by atoms with Gasteiger partial charge in [-0.05, 0) is 57.1 Å². The summed E-state index contributed by atoms with van der Waals surface area (Å²) in [6, 6.07) is 13.5. The number of carbonyl (C=O) groups is 1. The Hall–Kier alpha value is -2.78. The molecule has 2 amide bonds. The number of carbonyl (C=O) groups excluding carboxylic acids is 1. The number of benzene rings is 2. The number of fused-ring (bicyclic) bond motifs is 3. The van der Waals surface area contributed by atoms with Gasteiger partial charge in [-0.25, -0.2) is 4.79 Å². The highest BCUT2D eigenvalue weighted by Crippen LogP contribution is 2.51. The van der Waals surface area contributed by atoms with Gasteiger partial charge >= 0.3 is 12.2 Å². The molecule has 0 spiro atoms. The zero-order valence-electron chi connectivity index (χ0n) is 20.1. The lowest BCUT2D eigenvalue weighted by molar-refractivity contribution is -0.138. The SMILES string of the molecule is CN(C)CCNC(=O)NCCC1CCC2C(O1)c1cc(C(F)(F)F)ccc1N[C@H]2c1ccccc1. The first-order valence-electron chi connectivity index (χ1n) is 12.1. The molecular weight excluding hydrogens is 457 g/mol. The van der Waals surface area contributed by atoms with Gasteiger partial charge in [-0.1, -0.05) is 30.3 Å². The predicted molar refractivity (Wildman–Crippen MR) is 129 cm³/mol. The summed E-state index contributed by atoms with van der Waals surface area (Å²) in [5.74, 6) is 0.00641. The average Bonchev–Trinajstić information content (AvgIpc) is 2.83. The molecule has 4 atom stereocenters. The lowest BCUT2D eigenvalue weighted by atomic mass is 9.76. The third-order valence-electron chi connectivity index (χ3n) is 6.73. The van der Waals surface area contributed by atoms with Gasteiger partial charge in [0.1, 0.15) is 0 Å². The van der Waals surface area contributed by atoms with Gasteiger partial charge in [-0.2, -0.15) is 13.2 Å². The molecule has 0 saturated carbocycles. The molecule has 2 aliphatic rings. The standard InChI is InChI=1S/C26H33F3N4O2/c1-33(2)15-14-31-25(34)30-13-12-19-9-10-20-23(17-6-4-3-5-7-17)32-22-11-8-18(26(27,28)29)16-21(22)24(20)35-19/h3-8,11,16,19-20,23-24,32H,9-10,12-15H2,1-2H3,(H2,30,31,34)/t19?,20?,23-,24?/m0/s1. The molecule has 6 nitrogen and oxygen atoms in total. The van der Waals surface area contributed by atoms with Crippen LogP contribution < -0.4 is 16.0 Å². The van der Waals surface area contributed by atoms with Crippen LogP contribution in [0.5, 0.6) is 0 Å². The van der Waals surface area contributed by atoms with Gasteiger partial charge in [0.05, 0.1) is 23.8 Å². The normalized spacial score (nSPS) is 23.7. The highest BCUT2D eigenvalue weighted by molar-refractivity contribution is 5.73. The van der Waals surface area contributed by atoms with E-state index in [1.54, 1.807) is 0 Å². The van der Waals surface area contributed by atoms with Crippen molar-refractivity contribution >= 4 is 11.7 Å². The Morgan fingerprint density at radius 1 is 1.09 bits per heavy atom. The molecule has 0 aliphatic carbocycles. The minimum absolute atomic E-state index is 0.00641. The molecule has 0 aromatic heterocycles. The first-order valence-corrected chi connectivity index (χ1v) is 12.1. The second kappa shape index (κ2) is 10.9. The van der Waals surface area contributed by atoms with Gasteiger partial charge in [0, 0.05) is 36.8 Å². The van der Waals surface area contributed by atoms with E-state index in [1.807, 2.05) is 49.3 Å². The monoisotopic (exact) mass is 490 g/mol. The molecule has 3 unspecified atom stereocenters. The zero-order chi connectivity index (χ0) is 25.0. The van der Waals surface area contributed by atoms with Gasteiger partial charge in [0.2, 0.25) is 0 Å². The van der Waals surface area contributed by atoms with E-state index in [2.05, 4.69) is 16.0 Å². The third-order valence-corrected chi connectivity index (χ3v) is 6.73. The van der Waals surface area contributed by atoms with Crippen LogP contribution in [0.15, 0.2) is 48.5 Å². The number of anilines is 1. The highest BCUT2D eigenvalue weighted by atomic mass is 19.4. The molecule has 2 heterocycles. The number of likely N-dealkylation sites (N-methyl/N-ethyl adjacent to an activating group) is 1. The van der Waals surface area contributed by atoms with E-state index in [-0.39, 0.29) is 24.1 Å². The average molecular weight is 491 g/mol. The Bertz CT molecular complexity index is 1000. The van der Waals surface area contributed by atoms with Crippen molar-refractivity contribution < 1.29 is 22.7 Å². The summed E-state index contributed by atoms with van der Waals surface area (Å²) in [4.78, 5) is 14.0. The molecule has 2 aromatic carbocycles. The van der Waals surface area contributed by atoms with Crippen molar-refractivity contribution in [2.45, 2.75) is 43.7 Å². The fourth-order valence-electron chi connectivity index (χ4n) is 4.94. The number of halogens is 3. The minimum atomic E-state index is -4.42. The molecule has 2 aliphatic heterocycles. The summed E-state index contributed by atoms with van der Waals surface area (Å²) in [6.45, 7) is 1.73. The molecule has 1 saturated heterocycles. The largest absolute Gasteiger partial charge is 0.416 e. The number of nitrogens with one attached hydrogen (secondary N) is 3. The third kappa shape index (κ3) is 6.27. The van der Waals surface area contributed by atoms with Gasteiger partial charge < -0.3 is 25.6 Å². The number of rotatable bonds is 7. The van der Waals surface area contributed by atoms with E-state index in [0.29, 0.717) is 30.8 Å². The smallest absolute Gasteiger partial charge is 0.378 e. The molecule has 9 heteroatoms. The van der Waals surface area contributed by atoms with Gasteiger partial charge in [-0.3, -0.25) is 0 Å². The molecule has 190 valence electrons. The fraction of sp³-hybridized carbons (Fsp3) is 0.500. The van der Waals surface area contributed by atoms with Gasteiger partial charge in [0.15, 0.2) is 0 Å². The molecular formula is C26H33F3N4O2. The zero-order valence-corrected chi connectivity index (χ0v) is 20.1. The summed E-state index contributed by atoms with van der Waals surface area (Å²) in [5.41, 5.74) is 1.64. The van der Waals surface area contributed by atoms with Crippen molar-refractivity contribution in [3.63, 3.8) is 0 Å². The number of amides is 2. The van der Waals surface area contributed by atoms with Crippen molar-refractivity contribution in [3.8, 4) is 0 Å². The predicted octanol–water partition coefficient (Wildman–Crippen LogP) is 4.96. The number of ether oxygens (including phenoxy) is 1. The second-order valence-corrected chi connectivity index (χ2v) is 9.53. The summed E-state index contributed by atoms with van der Waals surface area (Å²) in [5, 5.41) is 9.13. The van der Waals surface area contributed by atoms with Crippen LogP contribution in [-0.2, 0) is 10.9 Å². The lowest BCUT2D eigenvalue weighted by Crippen LogP contribution is -2.42. The van der Waals surface area contributed by atoms with Crippen LogP contribution in [-0.4, -0.2) is 50.8 Å². The second-order valence-electron chi connectivity index (χ2n) is 9.53. The van der Waals surface area contributed by atoms with Crippen LogP contribution in [0.3, 0.4) is 0 Å². The maximum Gasteiger partial charge on any atom is 0.416 e. The Labute approximate surface area is 204 Å². The van der Waals surface area contributed by atoms with Gasteiger partial charge in [0.25, 0.3) is 0 Å². The van der Waals surface area contributed by atoms with Crippen molar-refractivity contribution in [2.24, 2.45) is 5.92 Å². The van der Waals surface area contributed by atoms with E-state index in [9.17, 15) is 18.0 Å². The Kier molecular flexibility index (Phi) is 7.86. The summed E-state index contributed by atoms with van der Waals surface area (Å²) in [6.07, 6.45) is -2.82. The molecule has 3 N–H and O–H groups in total. The molecule has 0 radical (unpaired) electrons. The minimum Gasteiger partial charge on any atom is -0.378 e. The van der Waals surface area contributed by atoms with Crippen LogP contribution in [0, 0.1) is 5.92 Å². The van der Waals surface area contributed by atoms with Crippen LogP contribution in [0.4, 0.5) is 23.7 Å². The van der Waals surface area contributed by atoms with Crippen molar-refractivity contribution in [1.82, 2.24) is 15.5 Å². The van der Waals surface area contributed by atoms with Crippen LogP contribution in [0.25, 0.3) is 0 Å². The quantitative estimate of drug-likeness (QED) is 0.513. The molecule has 4 rings (SSSR count). The van der Waals surface area contributed by atoms with Crippen molar-refractivity contribution in [3.05, 3.63) is 65.2 Å². The Balaban J connectivity index is 1.47. The first-order chi connectivity index (χ1) is 16.7. The van der Waals surface area contributed by atoms with Crippen molar-refractivity contribution in [1.29, 1.82) is 0 Å². The molecule has 1 fully saturated rings. The van der Waals surface area contributed by atoms with Crippen LogP contribution in [0.1, 0.15) is 48.1 Å².